The van der Waals surface area contributed by atoms with Crippen LogP contribution in [0.5, 0.6) is 5.75 Å². The maximum Gasteiger partial charge on any atom is 0.264 e. The van der Waals surface area contributed by atoms with Gasteiger partial charge in [-0.05, 0) is 55.8 Å². The second-order valence-corrected chi connectivity index (χ2v) is 10.8. The van der Waals surface area contributed by atoms with Crippen LogP contribution in [0.4, 0.5) is 5.69 Å². The van der Waals surface area contributed by atoms with Gasteiger partial charge in [-0.2, -0.15) is 0 Å². The largest absolute Gasteiger partial charge is 0.494 e. The molecule has 7 nitrogen and oxygen atoms in total. The van der Waals surface area contributed by atoms with Crippen LogP contribution in [-0.4, -0.2) is 63.5 Å². The molecule has 1 aliphatic rings. The fourth-order valence-electron chi connectivity index (χ4n) is 4.25. The number of hydrogen-bond donors (Lipinski definition) is 0. The monoisotopic (exact) mass is 507 g/mol. The van der Waals surface area contributed by atoms with Crippen LogP contribution in [0.3, 0.4) is 0 Å². The van der Waals surface area contributed by atoms with Crippen LogP contribution in [-0.2, 0) is 21.4 Å². The Morgan fingerprint density at radius 2 is 1.53 bits per heavy atom. The number of rotatable bonds is 9. The number of ether oxygens (including phenoxy) is 1. The van der Waals surface area contributed by atoms with E-state index in [0.29, 0.717) is 31.1 Å². The highest BCUT2D eigenvalue weighted by atomic mass is 32.2. The van der Waals surface area contributed by atoms with Gasteiger partial charge >= 0.3 is 0 Å². The minimum atomic E-state index is -3.96. The Bertz CT molecular complexity index is 1240. The summed E-state index contributed by atoms with van der Waals surface area (Å²) in [5.74, 6) is 0.396. The third-order valence-electron chi connectivity index (χ3n) is 6.30. The van der Waals surface area contributed by atoms with Crippen LogP contribution < -0.4 is 9.04 Å². The molecule has 3 aromatic rings. The Morgan fingerprint density at radius 3 is 2.14 bits per heavy atom. The first kappa shape index (κ1) is 25.7. The van der Waals surface area contributed by atoms with E-state index in [4.69, 9.17) is 4.74 Å². The highest BCUT2D eigenvalue weighted by Gasteiger charge is 2.30. The predicted molar refractivity (Wildman–Crippen MR) is 142 cm³/mol. The second-order valence-electron chi connectivity index (χ2n) is 8.89. The molecule has 0 aliphatic carbocycles. The van der Waals surface area contributed by atoms with Crippen molar-refractivity contribution in [3.05, 3.63) is 90.0 Å². The summed E-state index contributed by atoms with van der Waals surface area (Å²) in [5, 5.41) is 0. The molecule has 0 bridgehead atoms. The number of carbonyl (C=O) groups excluding carboxylic acids is 1. The summed E-state index contributed by atoms with van der Waals surface area (Å²) >= 11 is 0. The number of nitrogens with zero attached hydrogens (tertiary/aromatic N) is 3. The van der Waals surface area contributed by atoms with Crippen molar-refractivity contribution in [1.82, 2.24) is 9.80 Å². The molecule has 0 aromatic heterocycles. The van der Waals surface area contributed by atoms with E-state index in [1.807, 2.05) is 44.2 Å². The Labute approximate surface area is 214 Å². The lowest BCUT2D eigenvalue weighted by Gasteiger charge is -2.36. The van der Waals surface area contributed by atoms with E-state index in [2.05, 4.69) is 17.0 Å². The van der Waals surface area contributed by atoms with E-state index < -0.39 is 10.0 Å². The molecule has 36 heavy (non-hydrogen) atoms. The molecule has 1 heterocycles. The molecule has 190 valence electrons. The van der Waals surface area contributed by atoms with Crippen molar-refractivity contribution in [2.75, 3.05) is 43.6 Å². The number of piperazine rings is 1. The zero-order valence-electron chi connectivity index (χ0n) is 20.8. The summed E-state index contributed by atoms with van der Waals surface area (Å²) in [6.45, 7) is 7.52. The number of carbonyl (C=O) groups is 1. The number of amides is 1. The molecule has 0 atom stereocenters. The molecule has 8 heteroatoms. The molecular formula is C28H33N3O4S. The fourth-order valence-corrected chi connectivity index (χ4v) is 5.66. The minimum Gasteiger partial charge on any atom is -0.494 e. The molecule has 1 fully saturated rings. The summed E-state index contributed by atoms with van der Waals surface area (Å²) in [5.41, 5.74) is 2.72. The average molecular weight is 508 g/mol. The van der Waals surface area contributed by atoms with E-state index in [-0.39, 0.29) is 17.3 Å². The van der Waals surface area contributed by atoms with Crippen LogP contribution in [0.25, 0.3) is 0 Å². The summed E-state index contributed by atoms with van der Waals surface area (Å²) in [7, 11) is -3.96. The average Bonchev–Trinajstić information content (AvgIpc) is 2.89. The van der Waals surface area contributed by atoms with Crippen LogP contribution >= 0.6 is 0 Å². The number of aryl methyl sites for hydroxylation is 1. The lowest BCUT2D eigenvalue weighted by molar-refractivity contribution is -0.131. The third-order valence-corrected chi connectivity index (χ3v) is 8.09. The zero-order chi connectivity index (χ0) is 25.5. The fraction of sp³-hybridized carbons (Fsp3) is 0.321. The van der Waals surface area contributed by atoms with Gasteiger partial charge in [-0.25, -0.2) is 8.42 Å². The molecule has 3 aromatic carbocycles. The summed E-state index contributed by atoms with van der Waals surface area (Å²) in [6.07, 6.45) is 0. The molecule has 1 amide bonds. The molecule has 0 radical (unpaired) electrons. The molecule has 4 rings (SSSR count). The van der Waals surface area contributed by atoms with Crippen molar-refractivity contribution in [3.8, 4) is 5.75 Å². The van der Waals surface area contributed by atoms with Crippen molar-refractivity contribution in [3.63, 3.8) is 0 Å². The Morgan fingerprint density at radius 1 is 0.889 bits per heavy atom. The molecule has 0 saturated carbocycles. The van der Waals surface area contributed by atoms with E-state index >= 15 is 0 Å². The first-order valence-electron chi connectivity index (χ1n) is 12.2. The Kier molecular flexibility index (Phi) is 8.28. The first-order chi connectivity index (χ1) is 17.4. The summed E-state index contributed by atoms with van der Waals surface area (Å²) in [6, 6.07) is 23.8. The molecule has 0 N–H and O–H groups in total. The van der Waals surface area contributed by atoms with Crippen LogP contribution in [0.2, 0.25) is 0 Å². The van der Waals surface area contributed by atoms with Gasteiger partial charge in [-0.15, -0.1) is 0 Å². The van der Waals surface area contributed by atoms with Crippen molar-refractivity contribution in [2.45, 2.75) is 25.3 Å². The van der Waals surface area contributed by atoms with Gasteiger partial charge in [0, 0.05) is 32.7 Å². The lowest BCUT2D eigenvalue weighted by atomic mass is 10.2. The predicted octanol–water partition coefficient (Wildman–Crippen LogP) is 3.93. The van der Waals surface area contributed by atoms with Crippen molar-refractivity contribution in [2.24, 2.45) is 0 Å². The highest BCUT2D eigenvalue weighted by molar-refractivity contribution is 7.92. The van der Waals surface area contributed by atoms with Gasteiger partial charge in [0.25, 0.3) is 10.0 Å². The van der Waals surface area contributed by atoms with Crippen molar-refractivity contribution in [1.29, 1.82) is 0 Å². The molecule has 1 aliphatic heterocycles. The van der Waals surface area contributed by atoms with Crippen LogP contribution in [0.1, 0.15) is 18.1 Å². The number of sulfonamides is 1. The standard InChI is InChI=1S/C28H33N3O4S/c1-3-35-26-13-15-27(16-14-26)36(33,34)31(25-11-9-23(2)10-12-25)22-28(32)30-19-17-29(18-20-30)21-24-7-5-4-6-8-24/h4-16H,3,17-22H2,1-2H3. The third kappa shape index (κ3) is 6.25. The number of benzene rings is 3. The van der Waals surface area contributed by atoms with E-state index in [9.17, 15) is 13.2 Å². The SMILES string of the molecule is CCOc1ccc(S(=O)(=O)N(CC(=O)N2CCN(Cc3ccccc3)CC2)c2ccc(C)cc2)cc1. The maximum atomic E-state index is 13.7. The van der Waals surface area contributed by atoms with Gasteiger partial charge in [-0.1, -0.05) is 48.0 Å². The topological polar surface area (TPSA) is 70.2 Å². The smallest absolute Gasteiger partial charge is 0.264 e. The Balaban J connectivity index is 1.49. The van der Waals surface area contributed by atoms with Gasteiger partial charge in [-0.3, -0.25) is 14.0 Å². The van der Waals surface area contributed by atoms with E-state index in [1.54, 1.807) is 29.2 Å². The molecular weight excluding hydrogens is 474 g/mol. The normalized spacial score (nSPS) is 14.4. The summed E-state index contributed by atoms with van der Waals surface area (Å²) in [4.78, 5) is 17.5. The van der Waals surface area contributed by atoms with E-state index in [1.165, 1.54) is 22.0 Å². The minimum absolute atomic E-state index is 0.118. The molecule has 1 saturated heterocycles. The molecule has 0 spiro atoms. The van der Waals surface area contributed by atoms with Crippen LogP contribution in [0, 0.1) is 6.92 Å². The number of anilines is 1. The Hall–Kier alpha value is -3.36. The van der Waals surface area contributed by atoms with Gasteiger partial charge in [0.05, 0.1) is 17.2 Å². The lowest BCUT2D eigenvalue weighted by Crippen LogP contribution is -2.51. The second kappa shape index (κ2) is 11.6. The first-order valence-corrected chi connectivity index (χ1v) is 13.7. The van der Waals surface area contributed by atoms with Gasteiger partial charge < -0.3 is 9.64 Å². The number of hydrogen-bond acceptors (Lipinski definition) is 5. The van der Waals surface area contributed by atoms with Gasteiger partial charge in [0.2, 0.25) is 5.91 Å². The zero-order valence-corrected chi connectivity index (χ0v) is 21.7. The summed E-state index contributed by atoms with van der Waals surface area (Å²) < 4.78 is 34.0. The van der Waals surface area contributed by atoms with Crippen molar-refractivity contribution >= 4 is 21.6 Å². The van der Waals surface area contributed by atoms with E-state index in [0.717, 1.165) is 25.2 Å². The quantitative estimate of drug-likeness (QED) is 0.439. The van der Waals surface area contributed by atoms with Crippen molar-refractivity contribution < 1.29 is 17.9 Å². The highest BCUT2D eigenvalue weighted by Crippen LogP contribution is 2.26. The van der Waals surface area contributed by atoms with Gasteiger partial charge in [0.15, 0.2) is 0 Å². The molecule has 0 unspecified atom stereocenters. The van der Waals surface area contributed by atoms with Crippen LogP contribution in [0.15, 0.2) is 83.8 Å². The van der Waals surface area contributed by atoms with Gasteiger partial charge in [0.1, 0.15) is 12.3 Å². The maximum absolute atomic E-state index is 13.7.